The summed E-state index contributed by atoms with van der Waals surface area (Å²) in [5.74, 6) is -0.773. The van der Waals surface area contributed by atoms with Crippen LogP contribution < -0.4 is 15.5 Å². The van der Waals surface area contributed by atoms with Gasteiger partial charge in [-0.25, -0.2) is 9.88 Å². The fourth-order valence-electron chi connectivity index (χ4n) is 3.69. The fraction of sp³-hybridized carbons (Fsp3) is 0.300. The highest BCUT2D eigenvalue weighted by atomic mass is 16.2. The fourth-order valence-corrected chi connectivity index (χ4v) is 3.69. The van der Waals surface area contributed by atoms with Crippen LogP contribution in [0.4, 0.5) is 17.2 Å². The Balaban J connectivity index is 1.79. The van der Waals surface area contributed by atoms with E-state index in [2.05, 4.69) is 21.8 Å². The third kappa shape index (κ3) is 3.45. The van der Waals surface area contributed by atoms with Gasteiger partial charge in [0.25, 0.3) is 5.91 Å². The highest BCUT2D eigenvalue weighted by Gasteiger charge is 2.36. The number of nitrogens with one attached hydrogen (secondary N) is 1. The summed E-state index contributed by atoms with van der Waals surface area (Å²) in [7, 11) is 2.06. The van der Waals surface area contributed by atoms with Gasteiger partial charge in [-0.05, 0) is 31.3 Å². The molecular weight excluding hydrogens is 370 g/mol. The van der Waals surface area contributed by atoms with Crippen LogP contribution >= 0.6 is 0 Å². The summed E-state index contributed by atoms with van der Waals surface area (Å²) in [5.41, 5.74) is 6.78. The molecule has 3 heterocycles. The summed E-state index contributed by atoms with van der Waals surface area (Å²) in [4.78, 5) is 37.9. The number of para-hydroxylation sites is 1. The molecule has 1 aromatic carbocycles. The number of hydrogen-bond donors (Lipinski definition) is 2. The normalized spacial score (nSPS) is 17.5. The second kappa shape index (κ2) is 7.61. The number of carbonyl (C=O) groups excluding carboxylic acids is 2. The van der Waals surface area contributed by atoms with E-state index in [0.717, 1.165) is 31.1 Å². The summed E-state index contributed by atoms with van der Waals surface area (Å²) in [5, 5.41) is 7.92. The number of amides is 2. The molecule has 150 valence electrons. The van der Waals surface area contributed by atoms with Crippen molar-refractivity contribution in [3.63, 3.8) is 0 Å². The minimum Gasteiger partial charge on any atom is -0.369 e. The van der Waals surface area contributed by atoms with Crippen LogP contribution in [0.15, 0.2) is 42.6 Å². The van der Waals surface area contributed by atoms with Crippen LogP contribution in [0.1, 0.15) is 10.4 Å². The van der Waals surface area contributed by atoms with Crippen molar-refractivity contribution in [1.29, 1.82) is 5.41 Å². The lowest BCUT2D eigenvalue weighted by atomic mass is 10.1. The van der Waals surface area contributed by atoms with Crippen molar-refractivity contribution in [3.8, 4) is 0 Å². The highest BCUT2D eigenvalue weighted by molar-refractivity contribution is 6.27. The van der Waals surface area contributed by atoms with Gasteiger partial charge < -0.3 is 10.6 Å². The number of aromatic nitrogens is 1. The van der Waals surface area contributed by atoms with Gasteiger partial charge in [-0.1, -0.05) is 12.1 Å². The smallest absolute Gasteiger partial charge is 0.267 e. The van der Waals surface area contributed by atoms with Gasteiger partial charge in [0.15, 0.2) is 11.8 Å². The van der Waals surface area contributed by atoms with Gasteiger partial charge in [0.2, 0.25) is 5.91 Å². The molecular formula is C20H23N7O2. The first kappa shape index (κ1) is 19.0. The average molecular weight is 393 g/mol. The number of carbonyl (C=O) groups is 2. The topological polar surface area (TPSA) is 110 Å². The zero-order valence-electron chi connectivity index (χ0n) is 16.2. The molecule has 1 aromatic heterocycles. The molecule has 29 heavy (non-hydrogen) atoms. The molecule has 2 amide bonds. The van der Waals surface area contributed by atoms with E-state index in [1.165, 1.54) is 4.90 Å². The minimum atomic E-state index is -0.461. The number of fused-ring (bicyclic) bond motifs is 2. The molecule has 9 heteroatoms. The van der Waals surface area contributed by atoms with Crippen molar-refractivity contribution in [3.05, 3.63) is 48.2 Å². The van der Waals surface area contributed by atoms with Crippen molar-refractivity contribution in [2.75, 3.05) is 49.6 Å². The number of guanidine groups is 1. The first-order chi connectivity index (χ1) is 14.0. The number of anilines is 3. The molecule has 0 unspecified atom stereocenters. The van der Waals surface area contributed by atoms with Crippen molar-refractivity contribution in [2.45, 2.75) is 0 Å². The zero-order valence-corrected chi connectivity index (χ0v) is 16.2. The van der Waals surface area contributed by atoms with Crippen LogP contribution in [0.2, 0.25) is 0 Å². The van der Waals surface area contributed by atoms with Crippen LogP contribution in [0.3, 0.4) is 0 Å². The standard InChI is InChI=1S/C20H23N7O2/c1-24-9-11-25(12-10-24)13-17(28)26-15-6-3-2-5-14(15)19(29)27(20(21)22)16-7-4-8-23-18(16)26/h2-8H,9-13H2,1H3,(H3,21,22). The monoisotopic (exact) mass is 393 g/mol. The van der Waals surface area contributed by atoms with Gasteiger partial charge >= 0.3 is 0 Å². The van der Waals surface area contributed by atoms with Gasteiger partial charge in [-0.2, -0.15) is 0 Å². The first-order valence-electron chi connectivity index (χ1n) is 9.43. The van der Waals surface area contributed by atoms with E-state index in [-0.39, 0.29) is 12.5 Å². The average Bonchev–Trinajstić information content (AvgIpc) is 2.82. The SMILES string of the molecule is CN1CCN(CC(=O)N2c3ccccc3C(=O)N(C(=N)N)c3cccnc32)CC1. The molecule has 3 N–H and O–H groups in total. The Kier molecular flexibility index (Phi) is 4.99. The number of nitrogens with two attached hydrogens (primary N) is 1. The van der Waals surface area contributed by atoms with Crippen LogP contribution in [0.25, 0.3) is 0 Å². The van der Waals surface area contributed by atoms with Gasteiger partial charge in [0.1, 0.15) is 0 Å². The molecule has 0 atom stereocenters. The predicted molar refractivity (Wildman–Crippen MR) is 110 cm³/mol. The maximum Gasteiger partial charge on any atom is 0.267 e. The van der Waals surface area contributed by atoms with E-state index in [9.17, 15) is 9.59 Å². The van der Waals surface area contributed by atoms with Gasteiger partial charge in [0.05, 0.1) is 23.5 Å². The second-order valence-electron chi connectivity index (χ2n) is 7.20. The lowest BCUT2D eigenvalue weighted by Gasteiger charge is -2.33. The molecule has 0 bridgehead atoms. The Bertz CT molecular complexity index is 969. The lowest BCUT2D eigenvalue weighted by Crippen LogP contribution is -2.48. The van der Waals surface area contributed by atoms with Crippen LogP contribution in [0, 0.1) is 5.41 Å². The summed E-state index contributed by atoms with van der Waals surface area (Å²) in [6.07, 6.45) is 1.56. The summed E-state index contributed by atoms with van der Waals surface area (Å²) in [6.45, 7) is 3.60. The number of likely N-dealkylation sites (N-methyl/N-ethyl adjacent to an activating group) is 1. The van der Waals surface area contributed by atoms with Crippen molar-refractivity contribution in [2.24, 2.45) is 5.73 Å². The van der Waals surface area contributed by atoms with Crippen LogP contribution in [-0.2, 0) is 4.79 Å². The number of nitrogens with zero attached hydrogens (tertiary/aromatic N) is 5. The van der Waals surface area contributed by atoms with E-state index in [1.807, 2.05) is 0 Å². The molecule has 2 aliphatic heterocycles. The van der Waals surface area contributed by atoms with Gasteiger partial charge in [-0.15, -0.1) is 0 Å². The Morgan fingerprint density at radius 1 is 1.07 bits per heavy atom. The third-order valence-corrected chi connectivity index (χ3v) is 5.24. The van der Waals surface area contributed by atoms with Crippen molar-refractivity contribution < 1.29 is 9.59 Å². The quantitative estimate of drug-likeness (QED) is 0.578. The first-order valence-corrected chi connectivity index (χ1v) is 9.43. The second-order valence-corrected chi connectivity index (χ2v) is 7.20. The van der Waals surface area contributed by atoms with E-state index >= 15 is 0 Å². The molecule has 0 saturated carbocycles. The maximum absolute atomic E-state index is 13.4. The summed E-state index contributed by atoms with van der Waals surface area (Å²) in [6, 6.07) is 10.1. The molecule has 9 nitrogen and oxygen atoms in total. The number of piperazine rings is 1. The van der Waals surface area contributed by atoms with E-state index in [1.54, 1.807) is 42.6 Å². The summed E-state index contributed by atoms with van der Waals surface area (Å²) < 4.78 is 0. The molecule has 0 radical (unpaired) electrons. The van der Waals surface area contributed by atoms with E-state index < -0.39 is 11.9 Å². The molecule has 1 fully saturated rings. The zero-order chi connectivity index (χ0) is 20.5. The van der Waals surface area contributed by atoms with Crippen molar-refractivity contribution in [1.82, 2.24) is 14.8 Å². The molecule has 0 aliphatic carbocycles. The number of rotatable bonds is 2. The molecule has 2 aromatic rings. The molecule has 4 rings (SSSR count). The Morgan fingerprint density at radius 2 is 1.76 bits per heavy atom. The Hall–Kier alpha value is -3.30. The van der Waals surface area contributed by atoms with Gasteiger partial charge in [-0.3, -0.25) is 24.8 Å². The lowest BCUT2D eigenvalue weighted by molar-refractivity contribution is -0.119. The minimum absolute atomic E-state index is 0.180. The van der Waals surface area contributed by atoms with E-state index in [4.69, 9.17) is 11.1 Å². The highest BCUT2D eigenvalue weighted by Crippen LogP contribution is 2.39. The van der Waals surface area contributed by atoms with Crippen LogP contribution in [-0.4, -0.2) is 72.3 Å². The van der Waals surface area contributed by atoms with Crippen LogP contribution in [0.5, 0.6) is 0 Å². The third-order valence-electron chi connectivity index (χ3n) is 5.24. The van der Waals surface area contributed by atoms with Gasteiger partial charge in [0, 0.05) is 32.4 Å². The Labute approximate surface area is 168 Å². The molecule has 2 aliphatic rings. The molecule has 1 saturated heterocycles. The number of benzene rings is 1. The maximum atomic E-state index is 13.4. The van der Waals surface area contributed by atoms with E-state index in [0.29, 0.717) is 22.8 Å². The number of pyridine rings is 1. The summed E-state index contributed by atoms with van der Waals surface area (Å²) >= 11 is 0. The number of hydrogen-bond acceptors (Lipinski definition) is 6. The largest absolute Gasteiger partial charge is 0.369 e. The molecule has 0 spiro atoms. The predicted octanol–water partition coefficient (Wildman–Crippen LogP) is 0.847. The van der Waals surface area contributed by atoms with Crippen molar-refractivity contribution >= 4 is 35.0 Å². The Morgan fingerprint density at radius 3 is 2.48 bits per heavy atom.